The van der Waals surface area contributed by atoms with Crippen LogP contribution in [0.1, 0.15) is 23.2 Å². The van der Waals surface area contributed by atoms with Gasteiger partial charge in [0.1, 0.15) is 5.75 Å². The van der Waals surface area contributed by atoms with Crippen molar-refractivity contribution >= 4 is 29.1 Å². The lowest BCUT2D eigenvalue weighted by molar-refractivity contribution is 0.0433. The van der Waals surface area contributed by atoms with Gasteiger partial charge in [-0.05, 0) is 31.0 Å². The SMILES string of the molecule is O=C(NC1(CCl)CCOCC1)c1cc(O)ccc1Cl. The molecule has 0 unspecified atom stereocenters. The molecule has 1 aliphatic rings. The number of alkyl halides is 1. The summed E-state index contributed by atoms with van der Waals surface area (Å²) in [4.78, 5) is 12.2. The van der Waals surface area contributed by atoms with Gasteiger partial charge in [0, 0.05) is 19.1 Å². The van der Waals surface area contributed by atoms with E-state index in [1.54, 1.807) is 0 Å². The fraction of sp³-hybridized carbons (Fsp3) is 0.462. The molecule has 0 atom stereocenters. The van der Waals surface area contributed by atoms with E-state index >= 15 is 0 Å². The minimum atomic E-state index is -0.467. The summed E-state index contributed by atoms with van der Waals surface area (Å²) in [6.07, 6.45) is 1.33. The van der Waals surface area contributed by atoms with Crippen molar-refractivity contribution in [1.29, 1.82) is 0 Å². The van der Waals surface area contributed by atoms with E-state index in [0.717, 1.165) is 0 Å². The number of hydrogen-bond acceptors (Lipinski definition) is 3. The summed E-state index contributed by atoms with van der Waals surface area (Å²) in [7, 11) is 0. The van der Waals surface area contributed by atoms with E-state index in [1.807, 2.05) is 0 Å². The van der Waals surface area contributed by atoms with Crippen molar-refractivity contribution in [2.45, 2.75) is 18.4 Å². The lowest BCUT2D eigenvalue weighted by Gasteiger charge is -2.36. The molecule has 0 aliphatic carbocycles. The average Bonchev–Trinajstić information content (AvgIpc) is 2.42. The highest BCUT2D eigenvalue weighted by molar-refractivity contribution is 6.34. The summed E-state index contributed by atoms with van der Waals surface area (Å²) in [5.41, 5.74) is -0.219. The molecule has 1 heterocycles. The number of carbonyl (C=O) groups excluding carboxylic acids is 1. The first-order chi connectivity index (χ1) is 9.06. The van der Waals surface area contributed by atoms with E-state index in [0.29, 0.717) is 37.0 Å². The maximum atomic E-state index is 12.2. The number of phenols is 1. The van der Waals surface area contributed by atoms with Crippen LogP contribution in [0.25, 0.3) is 0 Å². The van der Waals surface area contributed by atoms with Crippen LogP contribution in [-0.2, 0) is 4.74 Å². The van der Waals surface area contributed by atoms with Crippen LogP contribution >= 0.6 is 23.2 Å². The molecule has 0 bridgehead atoms. The van der Waals surface area contributed by atoms with Gasteiger partial charge in [0.05, 0.1) is 16.1 Å². The van der Waals surface area contributed by atoms with E-state index in [9.17, 15) is 9.90 Å². The number of carbonyl (C=O) groups is 1. The molecule has 1 aliphatic heterocycles. The van der Waals surface area contributed by atoms with Gasteiger partial charge in [0.25, 0.3) is 5.91 Å². The van der Waals surface area contributed by atoms with Gasteiger partial charge in [0.15, 0.2) is 0 Å². The van der Waals surface area contributed by atoms with Crippen LogP contribution in [0.15, 0.2) is 18.2 Å². The fourth-order valence-electron chi connectivity index (χ4n) is 2.05. The molecule has 1 aromatic rings. The van der Waals surface area contributed by atoms with Crippen LogP contribution in [0.5, 0.6) is 5.75 Å². The van der Waals surface area contributed by atoms with Crippen molar-refractivity contribution in [3.8, 4) is 5.75 Å². The Morgan fingerprint density at radius 2 is 2.11 bits per heavy atom. The van der Waals surface area contributed by atoms with E-state index in [1.165, 1.54) is 18.2 Å². The first-order valence-electron chi connectivity index (χ1n) is 6.01. The summed E-state index contributed by atoms with van der Waals surface area (Å²) in [6.45, 7) is 1.14. The van der Waals surface area contributed by atoms with Crippen LogP contribution in [-0.4, -0.2) is 35.6 Å². The first-order valence-corrected chi connectivity index (χ1v) is 6.92. The third-order valence-electron chi connectivity index (χ3n) is 3.28. The molecule has 0 radical (unpaired) electrons. The second-order valence-electron chi connectivity index (χ2n) is 4.64. The van der Waals surface area contributed by atoms with Gasteiger partial charge in [-0.25, -0.2) is 0 Å². The first kappa shape index (κ1) is 14.4. The van der Waals surface area contributed by atoms with E-state index in [2.05, 4.69) is 5.32 Å². The van der Waals surface area contributed by atoms with Crippen molar-refractivity contribution in [3.63, 3.8) is 0 Å². The predicted molar refractivity (Wildman–Crippen MR) is 74.1 cm³/mol. The third kappa shape index (κ3) is 3.32. The van der Waals surface area contributed by atoms with Gasteiger partial charge in [-0.15, -0.1) is 11.6 Å². The van der Waals surface area contributed by atoms with Crippen molar-refractivity contribution in [1.82, 2.24) is 5.32 Å². The number of phenolic OH excluding ortho intramolecular Hbond substituents is 1. The van der Waals surface area contributed by atoms with Crippen molar-refractivity contribution < 1.29 is 14.6 Å². The Bertz CT molecular complexity index is 473. The van der Waals surface area contributed by atoms with Gasteiger partial charge in [-0.2, -0.15) is 0 Å². The van der Waals surface area contributed by atoms with Crippen LogP contribution in [0.3, 0.4) is 0 Å². The van der Waals surface area contributed by atoms with Gasteiger partial charge >= 0.3 is 0 Å². The summed E-state index contributed by atoms with van der Waals surface area (Å²) in [5.74, 6) is -0.0108. The standard InChI is InChI=1S/C13H15Cl2NO3/c14-8-13(3-5-19-6-4-13)16-12(18)10-7-9(17)1-2-11(10)15/h1-2,7,17H,3-6,8H2,(H,16,18). The molecule has 0 aromatic heterocycles. The molecule has 6 heteroatoms. The molecular weight excluding hydrogens is 289 g/mol. The lowest BCUT2D eigenvalue weighted by Crippen LogP contribution is -2.53. The molecule has 104 valence electrons. The number of benzene rings is 1. The zero-order valence-electron chi connectivity index (χ0n) is 10.3. The van der Waals surface area contributed by atoms with Crippen LogP contribution in [0, 0.1) is 0 Å². The Morgan fingerprint density at radius 3 is 2.74 bits per heavy atom. The summed E-state index contributed by atoms with van der Waals surface area (Å²) in [5, 5.41) is 12.6. The quantitative estimate of drug-likeness (QED) is 0.844. The average molecular weight is 304 g/mol. The number of amides is 1. The minimum Gasteiger partial charge on any atom is -0.508 e. The number of ether oxygens (including phenoxy) is 1. The smallest absolute Gasteiger partial charge is 0.253 e. The highest BCUT2D eigenvalue weighted by atomic mass is 35.5. The number of nitrogens with one attached hydrogen (secondary N) is 1. The molecule has 2 N–H and O–H groups in total. The molecule has 1 aromatic carbocycles. The highest BCUT2D eigenvalue weighted by Gasteiger charge is 2.34. The molecule has 1 amide bonds. The molecule has 1 saturated heterocycles. The van der Waals surface area contributed by atoms with Crippen LogP contribution < -0.4 is 5.32 Å². The highest BCUT2D eigenvalue weighted by Crippen LogP contribution is 2.25. The predicted octanol–water partition coefficient (Wildman–Crippen LogP) is 2.56. The molecule has 4 nitrogen and oxygen atoms in total. The summed E-state index contributed by atoms with van der Waals surface area (Å²) >= 11 is 12.0. The molecule has 2 rings (SSSR count). The number of rotatable bonds is 3. The van der Waals surface area contributed by atoms with Crippen molar-refractivity contribution in [2.75, 3.05) is 19.1 Å². The number of aromatic hydroxyl groups is 1. The van der Waals surface area contributed by atoms with Crippen LogP contribution in [0.4, 0.5) is 0 Å². The third-order valence-corrected chi connectivity index (χ3v) is 4.12. The second kappa shape index (κ2) is 5.99. The maximum absolute atomic E-state index is 12.2. The zero-order chi connectivity index (χ0) is 13.9. The van der Waals surface area contributed by atoms with Gasteiger partial charge in [-0.3, -0.25) is 4.79 Å². The Balaban J connectivity index is 2.17. The van der Waals surface area contributed by atoms with E-state index < -0.39 is 5.54 Å². The Morgan fingerprint density at radius 1 is 1.42 bits per heavy atom. The monoisotopic (exact) mass is 303 g/mol. The Labute approximate surface area is 121 Å². The van der Waals surface area contributed by atoms with Crippen molar-refractivity contribution in [2.24, 2.45) is 0 Å². The molecule has 19 heavy (non-hydrogen) atoms. The maximum Gasteiger partial charge on any atom is 0.253 e. The molecule has 0 saturated carbocycles. The largest absolute Gasteiger partial charge is 0.508 e. The fourth-order valence-corrected chi connectivity index (χ4v) is 2.59. The lowest BCUT2D eigenvalue weighted by atomic mass is 9.92. The topological polar surface area (TPSA) is 58.6 Å². The number of halogens is 2. The minimum absolute atomic E-state index is 0.00134. The summed E-state index contributed by atoms with van der Waals surface area (Å²) in [6, 6.07) is 4.27. The van der Waals surface area contributed by atoms with Gasteiger partial charge < -0.3 is 15.2 Å². The molecule has 0 spiro atoms. The Kier molecular flexibility index (Phi) is 4.55. The van der Waals surface area contributed by atoms with Gasteiger partial charge in [-0.1, -0.05) is 11.6 Å². The number of hydrogen-bond donors (Lipinski definition) is 2. The molecule has 1 fully saturated rings. The van der Waals surface area contributed by atoms with E-state index in [-0.39, 0.29) is 17.2 Å². The Hall–Kier alpha value is -0.970. The second-order valence-corrected chi connectivity index (χ2v) is 5.32. The van der Waals surface area contributed by atoms with Crippen LogP contribution in [0.2, 0.25) is 5.02 Å². The summed E-state index contributed by atoms with van der Waals surface area (Å²) < 4.78 is 5.28. The van der Waals surface area contributed by atoms with E-state index in [4.69, 9.17) is 27.9 Å². The van der Waals surface area contributed by atoms with Gasteiger partial charge in [0.2, 0.25) is 0 Å². The molecular formula is C13H15Cl2NO3. The normalized spacial score (nSPS) is 18.0. The zero-order valence-corrected chi connectivity index (χ0v) is 11.8. The van der Waals surface area contributed by atoms with Crippen molar-refractivity contribution in [3.05, 3.63) is 28.8 Å².